The third kappa shape index (κ3) is 3.69. The van der Waals surface area contributed by atoms with Gasteiger partial charge in [-0.15, -0.1) is 0 Å². The van der Waals surface area contributed by atoms with Crippen molar-refractivity contribution >= 4 is 0 Å². The number of ether oxygens (including phenoxy) is 1. The first kappa shape index (κ1) is 14.3. The molecule has 0 aliphatic carbocycles. The van der Waals surface area contributed by atoms with Gasteiger partial charge in [-0.1, -0.05) is 20.8 Å². The van der Waals surface area contributed by atoms with Gasteiger partial charge in [0.05, 0.1) is 6.61 Å². The van der Waals surface area contributed by atoms with Gasteiger partial charge in [-0.05, 0) is 31.2 Å². The highest BCUT2D eigenvalue weighted by molar-refractivity contribution is 4.90. The van der Waals surface area contributed by atoms with Crippen molar-refractivity contribution in [1.82, 2.24) is 10.2 Å². The van der Waals surface area contributed by atoms with Gasteiger partial charge in [0.25, 0.3) is 0 Å². The first-order valence-electron chi connectivity index (χ1n) is 7.64. The van der Waals surface area contributed by atoms with Crippen LogP contribution in [0.4, 0.5) is 0 Å². The molecule has 0 radical (unpaired) electrons. The van der Waals surface area contributed by atoms with Gasteiger partial charge < -0.3 is 15.0 Å². The number of hydrogen-bond donors (Lipinski definition) is 1. The lowest BCUT2D eigenvalue weighted by atomic mass is 9.84. The van der Waals surface area contributed by atoms with E-state index in [4.69, 9.17) is 4.74 Å². The van der Waals surface area contributed by atoms with Crippen molar-refractivity contribution in [2.45, 2.75) is 33.6 Å². The summed E-state index contributed by atoms with van der Waals surface area (Å²) >= 11 is 0. The molecule has 2 aliphatic rings. The van der Waals surface area contributed by atoms with Crippen LogP contribution in [0.1, 0.15) is 33.6 Å². The fourth-order valence-corrected chi connectivity index (χ4v) is 3.76. The topological polar surface area (TPSA) is 24.5 Å². The molecule has 2 saturated heterocycles. The summed E-state index contributed by atoms with van der Waals surface area (Å²) in [5, 5.41) is 3.54. The molecule has 2 aliphatic heterocycles. The van der Waals surface area contributed by atoms with Crippen molar-refractivity contribution in [3.63, 3.8) is 0 Å². The molecule has 3 unspecified atom stereocenters. The van der Waals surface area contributed by atoms with Crippen LogP contribution in [-0.2, 0) is 4.74 Å². The molecule has 2 heterocycles. The Labute approximate surface area is 112 Å². The fraction of sp³-hybridized carbons (Fsp3) is 1.00. The Morgan fingerprint density at radius 3 is 2.56 bits per heavy atom. The molecular weight excluding hydrogens is 224 g/mol. The number of nitrogens with zero attached hydrogens (tertiary/aromatic N) is 1. The fourth-order valence-electron chi connectivity index (χ4n) is 3.76. The number of nitrogens with one attached hydrogen (secondary N) is 1. The molecule has 0 amide bonds. The van der Waals surface area contributed by atoms with Gasteiger partial charge in [-0.2, -0.15) is 0 Å². The zero-order valence-electron chi connectivity index (χ0n) is 12.4. The van der Waals surface area contributed by atoms with Crippen molar-refractivity contribution in [2.24, 2.45) is 17.3 Å². The molecule has 18 heavy (non-hydrogen) atoms. The van der Waals surface area contributed by atoms with Crippen LogP contribution in [0.3, 0.4) is 0 Å². The Bertz CT molecular complexity index is 241. The maximum Gasteiger partial charge on any atom is 0.0547 e. The maximum atomic E-state index is 5.69. The molecule has 3 atom stereocenters. The number of likely N-dealkylation sites (tertiary alicyclic amines) is 1. The van der Waals surface area contributed by atoms with Crippen LogP contribution < -0.4 is 5.32 Å². The third-order valence-electron chi connectivity index (χ3n) is 4.44. The van der Waals surface area contributed by atoms with Crippen molar-refractivity contribution in [3.8, 4) is 0 Å². The summed E-state index contributed by atoms with van der Waals surface area (Å²) < 4.78 is 5.69. The Hall–Kier alpha value is -0.120. The lowest BCUT2D eigenvalue weighted by molar-refractivity contribution is 0.0686. The van der Waals surface area contributed by atoms with Crippen LogP contribution in [0.2, 0.25) is 0 Å². The molecule has 0 aromatic rings. The van der Waals surface area contributed by atoms with Gasteiger partial charge in [0.2, 0.25) is 0 Å². The van der Waals surface area contributed by atoms with Crippen LogP contribution in [0.15, 0.2) is 0 Å². The van der Waals surface area contributed by atoms with Crippen molar-refractivity contribution < 1.29 is 4.74 Å². The third-order valence-corrected chi connectivity index (χ3v) is 4.44. The van der Waals surface area contributed by atoms with Gasteiger partial charge in [0.15, 0.2) is 0 Å². The van der Waals surface area contributed by atoms with Gasteiger partial charge in [-0.3, -0.25) is 0 Å². The summed E-state index contributed by atoms with van der Waals surface area (Å²) in [4.78, 5) is 2.69. The minimum Gasteiger partial charge on any atom is -0.381 e. The molecule has 0 aromatic carbocycles. The van der Waals surface area contributed by atoms with E-state index < -0.39 is 0 Å². The molecule has 0 bridgehead atoms. The molecule has 2 rings (SSSR count). The predicted octanol–water partition coefficient (Wildman–Crippen LogP) is 1.98. The van der Waals surface area contributed by atoms with Crippen LogP contribution in [0, 0.1) is 17.3 Å². The monoisotopic (exact) mass is 254 g/mol. The largest absolute Gasteiger partial charge is 0.381 e. The van der Waals surface area contributed by atoms with Crippen LogP contribution in [0.5, 0.6) is 0 Å². The summed E-state index contributed by atoms with van der Waals surface area (Å²) in [6, 6.07) is 0. The average Bonchev–Trinajstić information content (AvgIpc) is 2.74. The first-order valence-corrected chi connectivity index (χ1v) is 7.64. The van der Waals surface area contributed by atoms with E-state index in [1.165, 1.54) is 32.5 Å². The minimum atomic E-state index is 0.368. The summed E-state index contributed by atoms with van der Waals surface area (Å²) in [7, 11) is 0. The van der Waals surface area contributed by atoms with E-state index in [1.54, 1.807) is 0 Å². The summed E-state index contributed by atoms with van der Waals surface area (Å²) in [5.74, 6) is 1.71. The number of hydrogen-bond acceptors (Lipinski definition) is 3. The second kappa shape index (κ2) is 6.36. The SMILES string of the molecule is CCNCC1(CN2CC(C)CC(C)C2)CCOC1. The van der Waals surface area contributed by atoms with E-state index in [-0.39, 0.29) is 0 Å². The maximum absolute atomic E-state index is 5.69. The van der Waals surface area contributed by atoms with E-state index in [0.29, 0.717) is 5.41 Å². The Morgan fingerprint density at radius 2 is 2.00 bits per heavy atom. The van der Waals surface area contributed by atoms with Gasteiger partial charge >= 0.3 is 0 Å². The van der Waals surface area contributed by atoms with Crippen molar-refractivity contribution in [2.75, 3.05) is 45.9 Å². The zero-order chi connectivity index (χ0) is 13.0. The van der Waals surface area contributed by atoms with E-state index in [0.717, 1.165) is 38.1 Å². The Kier molecular flexibility index (Phi) is 5.05. The Balaban J connectivity index is 1.91. The minimum absolute atomic E-state index is 0.368. The van der Waals surface area contributed by atoms with E-state index >= 15 is 0 Å². The summed E-state index contributed by atoms with van der Waals surface area (Å²) in [5.41, 5.74) is 0.368. The number of rotatable bonds is 5. The molecule has 1 N–H and O–H groups in total. The molecule has 3 heteroatoms. The molecule has 0 aromatic heterocycles. The highest BCUT2D eigenvalue weighted by Crippen LogP contribution is 2.31. The second-order valence-electron chi connectivity index (χ2n) is 6.72. The van der Waals surface area contributed by atoms with E-state index in [2.05, 4.69) is 31.0 Å². The quantitative estimate of drug-likeness (QED) is 0.812. The highest BCUT2D eigenvalue weighted by Gasteiger charge is 2.37. The van der Waals surface area contributed by atoms with E-state index in [9.17, 15) is 0 Å². The first-order chi connectivity index (χ1) is 8.63. The second-order valence-corrected chi connectivity index (χ2v) is 6.72. The normalized spacial score (nSPS) is 38.2. The van der Waals surface area contributed by atoms with Gasteiger partial charge in [-0.25, -0.2) is 0 Å². The lowest BCUT2D eigenvalue weighted by Crippen LogP contribution is -2.49. The smallest absolute Gasteiger partial charge is 0.0547 e. The van der Waals surface area contributed by atoms with Crippen molar-refractivity contribution in [1.29, 1.82) is 0 Å². The predicted molar refractivity (Wildman–Crippen MR) is 75.8 cm³/mol. The molecule has 3 nitrogen and oxygen atoms in total. The molecular formula is C15H30N2O. The van der Waals surface area contributed by atoms with Gasteiger partial charge in [0, 0.05) is 38.2 Å². The lowest BCUT2D eigenvalue weighted by Gasteiger charge is -2.40. The molecule has 106 valence electrons. The summed E-state index contributed by atoms with van der Waals surface area (Å²) in [6.07, 6.45) is 2.62. The molecule has 0 spiro atoms. The Morgan fingerprint density at radius 1 is 1.28 bits per heavy atom. The standard InChI is InChI=1S/C15H30N2O/c1-4-16-10-15(5-6-18-12-15)11-17-8-13(2)7-14(3)9-17/h13-14,16H,4-12H2,1-3H3. The number of piperidine rings is 1. The molecule has 0 saturated carbocycles. The summed E-state index contributed by atoms with van der Waals surface area (Å²) in [6.45, 7) is 14.8. The van der Waals surface area contributed by atoms with Crippen LogP contribution in [-0.4, -0.2) is 50.8 Å². The average molecular weight is 254 g/mol. The van der Waals surface area contributed by atoms with Crippen LogP contribution in [0.25, 0.3) is 0 Å². The van der Waals surface area contributed by atoms with Crippen LogP contribution >= 0.6 is 0 Å². The highest BCUT2D eigenvalue weighted by atomic mass is 16.5. The van der Waals surface area contributed by atoms with Gasteiger partial charge in [0.1, 0.15) is 0 Å². The van der Waals surface area contributed by atoms with E-state index in [1.807, 2.05) is 0 Å². The zero-order valence-corrected chi connectivity index (χ0v) is 12.4. The van der Waals surface area contributed by atoms with Crippen molar-refractivity contribution in [3.05, 3.63) is 0 Å². The molecule has 2 fully saturated rings.